The second-order valence-corrected chi connectivity index (χ2v) is 5.08. The summed E-state index contributed by atoms with van der Waals surface area (Å²) in [7, 11) is 0. The van der Waals surface area contributed by atoms with Crippen LogP contribution in [0.3, 0.4) is 0 Å². The zero-order valence-electron chi connectivity index (χ0n) is 6.95. The summed E-state index contributed by atoms with van der Waals surface area (Å²) in [6, 6.07) is 5.21. The molecule has 2 rings (SSSR count). The van der Waals surface area contributed by atoms with Crippen LogP contribution in [-0.4, -0.2) is 9.97 Å². The van der Waals surface area contributed by atoms with E-state index in [1.54, 1.807) is 0 Å². The molecular weight excluding hydrogens is 266 g/mol. The second-order valence-electron chi connectivity index (χ2n) is 2.62. The summed E-state index contributed by atoms with van der Waals surface area (Å²) in [5, 5.41) is 0. The molecule has 14 heavy (non-hydrogen) atoms. The van der Waals surface area contributed by atoms with Crippen molar-refractivity contribution >= 4 is 33.2 Å². The van der Waals surface area contributed by atoms with Gasteiger partial charge < -0.3 is 5.73 Å². The smallest absolute Gasteiger partial charge is 0.252 e. The number of halogens is 1. The van der Waals surface area contributed by atoms with Crippen LogP contribution in [0.4, 0.5) is 5.95 Å². The molecule has 0 saturated carbocycles. The number of nitrogens with two attached hydrogens (primary N) is 1. The Balaban J connectivity index is 2.56. The Labute approximate surface area is 91.9 Å². The topological polar surface area (TPSA) is 71.8 Å². The summed E-state index contributed by atoms with van der Waals surface area (Å²) in [5.41, 5.74) is 5.79. The Hall–Kier alpha value is -1.14. The Morgan fingerprint density at radius 2 is 2.29 bits per heavy atom. The number of aromatic amines is 1. The van der Waals surface area contributed by atoms with Gasteiger partial charge >= 0.3 is 0 Å². The van der Waals surface area contributed by atoms with Gasteiger partial charge in [-0.1, -0.05) is 0 Å². The normalized spacial score (nSPS) is 10.4. The largest absolute Gasteiger partial charge is 0.369 e. The molecule has 2 aromatic rings. The molecule has 2 aromatic heterocycles. The number of H-pyrrole nitrogens is 1. The second kappa shape index (κ2) is 3.55. The highest BCUT2D eigenvalue weighted by Crippen LogP contribution is 2.29. The molecule has 0 spiro atoms. The van der Waals surface area contributed by atoms with Crippen LogP contribution in [0.15, 0.2) is 26.8 Å². The molecule has 0 bridgehead atoms. The quantitative estimate of drug-likeness (QED) is 0.832. The lowest BCUT2D eigenvalue weighted by molar-refractivity contribution is 1.14. The summed E-state index contributed by atoms with van der Waals surface area (Å²) >= 11 is 4.84. The molecule has 72 valence electrons. The molecule has 0 amide bonds. The van der Waals surface area contributed by atoms with Crippen LogP contribution in [0, 0.1) is 0 Å². The van der Waals surface area contributed by atoms with E-state index >= 15 is 0 Å². The fraction of sp³-hybridized carbons (Fsp3) is 0. The zero-order valence-corrected chi connectivity index (χ0v) is 9.35. The maximum Gasteiger partial charge on any atom is 0.252 e. The average molecular weight is 272 g/mol. The third-order valence-corrected chi connectivity index (χ3v) is 3.23. The number of nitrogens with zero attached hydrogens (tertiary/aromatic N) is 1. The fourth-order valence-corrected chi connectivity index (χ4v) is 2.40. The van der Waals surface area contributed by atoms with Crippen molar-refractivity contribution in [3.05, 3.63) is 32.3 Å². The van der Waals surface area contributed by atoms with Crippen molar-refractivity contribution in [3.8, 4) is 10.6 Å². The monoisotopic (exact) mass is 271 g/mol. The van der Waals surface area contributed by atoms with Crippen LogP contribution < -0.4 is 11.3 Å². The number of rotatable bonds is 1. The lowest BCUT2D eigenvalue weighted by atomic mass is 10.3. The Morgan fingerprint density at radius 1 is 1.50 bits per heavy atom. The van der Waals surface area contributed by atoms with Gasteiger partial charge in [0.1, 0.15) is 0 Å². The molecule has 0 saturated heterocycles. The Bertz CT molecular complexity index is 519. The number of thiophene rings is 1. The van der Waals surface area contributed by atoms with Gasteiger partial charge in [0.05, 0.1) is 14.4 Å². The van der Waals surface area contributed by atoms with Gasteiger partial charge in [0.2, 0.25) is 5.95 Å². The van der Waals surface area contributed by atoms with Crippen molar-refractivity contribution < 1.29 is 0 Å². The first-order valence-electron chi connectivity index (χ1n) is 3.78. The number of hydrogen-bond donors (Lipinski definition) is 2. The summed E-state index contributed by atoms with van der Waals surface area (Å²) in [4.78, 5) is 18.4. The number of nitrogens with one attached hydrogen (secondary N) is 1. The van der Waals surface area contributed by atoms with E-state index in [1.807, 2.05) is 12.1 Å². The first-order valence-corrected chi connectivity index (χ1v) is 5.38. The number of anilines is 1. The minimum absolute atomic E-state index is 0.136. The van der Waals surface area contributed by atoms with E-state index < -0.39 is 0 Å². The third-order valence-electron chi connectivity index (χ3n) is 1.59. The minimum Gasteiger partial charge on any atom is -0.369 e. The minimum atomic E-state index is -0.239. The average Bonchev–Trinajstić information content (AvgIpc) is 2.50. The standard InChI is InChI=1S/C8H6BrN3OS/c9-6-2-1-5(14-6)4-3-7(13)12-8(10)11-4/h1-3H,(H3,10,11,12,13). The van der Waals surface area contributed by atoms with Gasteiger partial charge in [-0.3, -0.25) is 9.78 Å². The zero-order chi connectivity index (χ0) is 10.1. The van der Waals surface area contributed by atoms with E-state index in [2.05, 4.69) is 25.9 Å². The maximum atomic E-state index is 11.1. The molecule has 0 radical (unpaired) electrons. The van der Waals surface area contributed by atoms with Crippen molar-refractivity contribution in [1.82, 2.24) is 9.97 Å². The van der Waals surface area contributed by atoms with E-state index in [1.165, 1.54) is 17.4 Å². The van der Waals surface area contributed by atoms with Gasteiger partial charge in [0, 0.05) is 6.07 Å². The molecule has 0 aromatic carbocycles. The Kier molecular flexibility index (Phi) is 2.39. The highest BCUT2D eigenvalue weighted by molar-refractivity contribution is 9.11. The predicted molar refractivity (Wildman–Crippen MR) is 60.3 cm³/mol. The summed E-state index contributed by atoms with van der Waals surface area (Å²) in [5.74, 6) is 0.136. The van der Waals surface area contributed by atoms with Gasteiger partial charge in [-0.2, -0.15) is 0 Å². The van der Waals surface area contributed by atoms with E-state index in [9.17, 15) is 4.79 Å². The first-order chi connectivity index (χ1) is 6.65. The lowest BCUT2D eigenvalue weighted by Gasteiger charge is -1.96. The van der Waals surface area contributed by atoms with Crippen molar-refractivity contribution in [3.63, 3.8) is 0 Å². The van der Waals surface area contributed by atoms with Crippen molar-refractivity contribution in [2.75, 3.05) is 5.73 Å². The summed E-state index contributed by atoms with van der Waals surface area (Å²) < 4.78 is 0.994. The first kappa shape index (κ1) is 9.42. The third kappa shape index (κ3) is 1.85. The van der Waals surface area contributed by atoms with Gasteiger partial charge in [-0.15, -0.1) is 11.3 Å². The van der Waals surface area contributed by atoms with Gasteiger partial charge in [0.25, 0.3) is 5.56 Å². The predicted octanol–water partition coefficient (Wildman–Crippen LogP) is 1.84. The molecule has 0 fully saturated rings. The van der Waals surface area contributed by atoms with Crippen LogP contribution in [-0.2, 0) is 0 Å². The van der Waals surface area contributed by atoms with E-state index in [0.717, 1.165) is 8.66 Å². The fourth-order valence-electron chi connectivity index (χ4n) is 1.05. The summed E-state index contributed by atoms with van der Waals surface area (Å²) in [6.45, 7) is 0. The van der Waals surface area contributed by atoms with Crippen LogP contribution >= 0.6 is 27.3 Å². The number of nitrogen functional groups attached to an aromatic ring is 1. The van der Waals surface area contributed by atoms with E-state index in [0.29, 0.717) is 5.69 Å². The highest BCUT2D eigenvalue weighted by atomic mass is 79.9. The molecule has 3 N–H and O–H groups in total. The molecule has 0 aliphatic heterocycles. The molecule has 0 unspecified atom stereocenters. The molecule has 2 heterocycles. The molecule has 0 atom stereocenters. The van der Waals surface area contributed by atoms with Gasteiger partial charge in [0.15, 0.2) is 0 Å². The van der Waals surface area contributed by atoms with E-state index in [4.69, 9.17) is 5.73 Å². The van der Waals surface area contributed by atoms with Gasteiger partial charge in [-0.05, 0) is 28.1 Å². The van der Waals surface area contributed by atoms with Crippen LogP contribution in [0.2, 0.25) is 0 Å². The van der Waals surface area contributed by atoms with Crippen molar-refractivity contribution in [2.24, 2.45) is 0 Å². The van der Waals surface area contributed by atoms with Crippen molar-refractivity contribution in [2.45, 2.75) is 0 Å². The van der Waals surface area contributed by atoms with Crippen LogP contribution in [0.25, 0.3) is 10.6 Å². The molecule has 0 aliphatic carbocycles. The van der Waals surface area contributed by atoms with Crippen molar-refractivity contribution in [1.29, 1.82) is 0 Å². The van der Waals surface area contributed by atoms with E-state index in [-0.39, 0.29) is 11.5 Å². The summed E-state index contributed by atoms with van der Waals surface area (Å²) in [6.07, 6.45) is 0. The molecule has 0 aliphatic rings. The Morgan fingerprint density at radius 3 is 2.86 bits per heavy atom. The number of hydrogen-bond acceptors (Lipinski definition) is 4. The molecule has 6 heteroatoms. The SMILES string of the molecule is Nc1nc(-c2ccc(Br)s2)cc(=O)[nH]1. The lowest BCUT2D eigenvalue weighted by Crippen LogP contribution is -2.09. The van der Waals surface area contributed by atoms with Gasteiger partial charge in [-0.25, -0.2) is 4.98 Å². The van der Waals surface area contributed by atoms with Crippen LogP contribution in [0.1, 0.15) is 0 Å². The molecule has 4 nitrogen and oxygen atoms in total. The number of aromatic nitrogens is 2. The maximum absolute atomic E-state index is 11.1. The molecular formula is C8H6BrN3OS. The van der Waals surface area contributed by atoms with Crippen LogP contribution in [0.5, 0.6) is 0 Å². The highest BCUT2D eigenvalue weighted by Gasteiger charge is 2.04.